The molecule has 1 aromatic carbocycles. The predicted molar refractivity (Wildman–Crippen MR) is 65.2 cm³/mol. The third-order valence-corrected chi connectivity index (χ3v) is 3.99. The summed E-state index contributed by atoms with van der Waals surface area (Å²) >= 11 is 5.89. The molecule has 4 nitrogen and oxygen atoms in total. The minimum Gasteiger partial charge on any atom is -0.398 e. The molecular formula is C10H14ClNO3S. The number of sulfone groups is 1. The monoisotopic (exact) mass is 263 g/mol. The van der Waals surface area contributed by atoms with Crippen LogP contribution in [-0.4, -0.2) is 27.9 Å². The molecule has 0 amide bonds. The molecule has 0 saturated carbocycles. The van der Waals surface area contributed by atoms with Crippen LogP contribution < -0.4 is 5.73 Å². The van der Waals surface area contributed by atoms with Gasteiger partial charge in [-0.05, 0) is 12.1 Å². The molecule has 6 heteroatoms. The van der Waals surface area contributed by atoms with Crippen LogP contribution in [0.1, 0.15) is 5.56 Å². The second kappa shape index (κ2) is 5.52. The van der Waals surface area contributed by atoms with Crippen LogP contribution in [0.15, 0.2) is 18.2 Å². The van der Waals surface area contributed by atoms with Gasteiger partial charge in [-0.1, -0.05) is 17.7 Å². The summed E-state index contributed by atoms with van der Waals surface area (Å²) in [5.41, 5.74) is 6.53. The van der Waals surface area contributed by atoms with Gasteiger partial charge in [-0.3, -0.25) is 0 Å². The number of anilines is 1. The summed E-state index contributed by atoms with van der Waals surface area (Å²) in [6, 6.07) is 4.94. The Morgan fingerprint density at radius 2 is 2.12 bits per heavy atom. The number of nitrogens with two attached hydrogens (primary N) is 1. The lowest BCUT2D eigenvalue weighted by Gasteiger charge is -2.08. The Morgan fingerprint density at radius 3 is 2.69 bits per heavy atom. The van der Waals surface area contributed by atoms with Crippen LogP contribution >= 0.6 is 11.6 Å². The van der Waals surface area contributed by atoms with E-state index in [9.17, 15) is 8.42 Å². The quantitative estimate of drug-likeness (QED) is 0.817. The van der Waals surface area contributed by atoms with Crippen molar-refractivity contribution in [1.29, 1.82) is 0 Å². The van der Waals surface area contributed by atoms with E-state index >= 15 is 0 Å². The zero-order valence-corrected chi connectivity index (χ0v) is 10.5. The van der Waals surface area contributed by atoms with Gasteiger partial charge < -0.3 is 10.5 Å². The van der Waals surface area contributed by atoms with E-state index in [-0.39, 0.29) is 18.1 Å². The first kappa shape index (κ1) is 13.3. The molecule has 0 unspecified atom stereocenters. The van der Waals surface area contributed by atoms with Gasteiger partial charge in [0.25, 0.3) is 0 Å². The normalized spacial score (nSPS) is 11.6. The van der Waals surface area contributed by atoms with E-state index in [1.165, 1.54) is 7.11 Å². The van der Waals surface area contributed by atoms with Gasteiger partial charge in [0, 0.05) is 23.4 Å². The Hall–Kier alpha value is -0.780. The van der Waals surface area contributed by atoms with Crippen molar-refractivity contribution >= 4 is 27.1 Å². The van der Waals surface area contributed by atoms with Gasteiger partial charge in [-0.15, -0.1) is 0 Å². The molecule has 0 aliphatic heterocycles. The third kappa shape index (κ3) is 3.66. The summed E-state index contributed by atoms with van der Waals surface area (Å²) in [7, 11) is -1.77. The first-order chi connectivity index (χ1) is 7.46. The lowest BCUT2D eigenvalue weighted by molar-refractivity contribution is 0.217. The van der Waals surface area contributed by atoms with Crippen molar-refractivity contribution in [2.75, 3.05) is 25.2 Å². The number of ether oxygens (including phenoxy) is 1. The lowest BCUT2D eigenvalue weighted by atomic mass is 10.2. The average Bonchev–Trinajstić information content (AvgIpc) is 2.21. The van der Waals surface area contributed by atoms with Crippen LogP contribution in [0.3, 0.4) is 0 Å². The van der Waals surface area contributed by atoms with Crippen LogP contribution in [0.2, 0.25) is 5.02 Å². The van der Waals surface area contributed by atoms with Gasteiger partial charge in [-0.2, -0.15) is 0 Å². The van der Waals surface area contributed by atoms with Crippen molar-refractivity contribution in [2.24, 2.45) is 0 Å². The fourth-order valence-electron chi connectivity index (χ4n) is 1.23. The predicted octanol–water partition coefficient (Wildman–Crippen LogP) is 1.48. The van der Waals surface area contributed by atoms with Crippen LogP contribution in [0.5, 0.6) is 0 Å². The van der Waals surface area contributed by atoms with Crippen LogP contribution in [0, 0.1) is 0 Å². The van der Waals surface area contributed by atoms with E-state index < -0.39 is 9.84 Å². The zero-order valence-electron chi connectivity index (χ0n) is 8.94. The highest BCUT2D eigenvalue weighted by atomic mass is 35.5. The van der Waals surface area contributed by atoms with E-state index in [1.807, 2.05) is 0 Å². The molecular weight excluding hydrogens is 250 g/mol. The third-order valence-electron chi connectivity index (χ3n) is 2.12. The van der Waals surface area contributed by atoms with E-state index in [2.05, 4.69) is 0 Å². The maximum absolute atomic E-state index is 11.7. The minimum absolute atomic E-state index is 0.0336. The molecule has 0 fully saturated rings. The Bertz CT molecular complexity index is 439. The fraction of sp³-hybridized carbons (Fsp3) is 0.400. The summed E-state index contributed by atoms with van der Waals surface area (Å²) in [6.07, 6.45) is 0. The number of methoxy groups -OCH3 is 1. The number of hydrogen-bond acceptors (Lipinski definition) is 4. The smallest absolute Gasteiger partial charge is 0.156 e. The van der Waals surface area contributed by atoms with Gasteiger partial charge >= 0.3 is 0 Å². The van der Waals surface area contributed by atoms with Gasteiger partial charge in [0.15, 0.2) is 9.84 Å². The second-order valence-electron chi connectivity index (χ2n) is 3.39. The topological polar surface area (TPSA) is 69.4 Å². The summed E-state index contributed by atoms with van der Waals surface area (Å²) in [5, 5.41) is 0.376. The van der Waals surface area contributed by atoms with E-state index in [1.54, 1.807) is 18.2 Å². The number of halogens is 1. The van der Waals surface area contributed by atoms with Crippen molar-refractivity contribution in [3.63, 3.8) is 0 Å². The minimum atomic E-state index is -3.23. The highest BCUT2D eigenvalue weighted by Gasteiger charge is 2.15. The molecule has 0 heterocycles. The zero-order chi connectivity index (χ0) is 12.2. The molecule has 0 spiro atoms. The van der Waals surface area contributed by atoms with Crippen molar-refractivity contribution in [3.8, 4) is 0 Å². The van der Waals surface area contributed by atoms with Gasteiger partial charge in [-0.25, -0.2) is 8.42 Å². The Labute approximate surface area is 100 Å². The van der Waals surface area contributed by atoms with Crippen molar-refractivity contribution in [1.82, 2.24) is 0 Å². The van der Waals surface area contributed by atoms with E-state index in [0.29, 0.717) is 16.3 Å². The fourth-order valence-corrected chi connectivity index (χ4v) is 2.88. The van der Waals surface area contributed by atoms with Gasteiger partial charge in [0.05, 0.1) is 18.1 Å². The summed E-state index contributed by atoms with van der Waals surface area (Å²) in [5.74, 6) is -0.184. The molecule has 2 N–H and O–H groups in total. The first-order valence-corrected chi connectivity index (χ1v) is 6.88. The van der Waals surface area contributed by atoms with Crippen molar-refractivity contribution < 1.29 is 13.2 Å². The van der Waals surface area contributed by atoms with E-state index in [4.69, 9.17) is 22.1 Å². The largest absolute Gasteiger partial charge is 0.398 e. The lowest BCUT2D eigenvalue weighted by Crippen LogP contribution is -2.14. The Balaban J connectivity index is 2.88. The number of rotatable bonds is 5. The van der Waals surface area contributed by atoms with Crippen molar-refractivity contribution in [3.05, 3.63) is 28.8 Å². The molecule has 90 valence electrons. The maximum Gasteiger partial charge on any atom is 0.156 e. The number of hydrogen-bond donors (Lipinski definition) is 1. The summed E-state index contributed by atoms with van der Waals surface area (Å²) in [6.45, 7) is 0.173. The molecule has 0 aliphatic carbocycles. The summed E-state index contributed by atoms with van der Waals surface area (Å²) < 4.78 is 28.1. The Kier molecular flexibility index (Phi) is 4.58. The van der Waals surface area contributed by atoms with Crippen LogP contribution in [-0.2, 0) is 20.3 Å². The molecule has 0 bridgehead atoms. The first-order valence-electron chi connectivity index (χ1n) is 4.68. The number of nitrogen functional groups attached to an aromatic ring is 1. The molecule has 0 aromatic heterocycles. The molecule has 0 aliphatic rings. The molecule has 0 radical (unpaired) electrons. The summed E-state index contributed by atoms with van der Waals surface area (Å²) in [4.78, 5) is 0. The Morgan fingerprint density at radius 1 is 1.44 bits per heavy atom. The highest BCUT2D eigenvalue weighted by Crippen LogP contribution is 2.24. The van der Waals surface area contributed by atoms with Crippen molar-refractivity contribution in [2.45, 2.75) is 5.75 Å². The van der Waals surface area contributed by atoms with Crippen LogP contribution in [0.4, 0.5) is 5.69 Å². The van der Waals surface area contributed by atoms with Gasteiger partial charge in [0.2, 0.25) is 0 Å². The standard InChI is InChI=1S/C10H14ClNO3S/c1-15-5-6-16(13,14)7-8-9(11)3-2-4-10(8)12/h2-4H,5-7,12H2,1H3. The highest BCUT2D eigenvalue weighted by molar-refractivity contribution is 7.90. The molecule has 1 aromatic rings. The number of benzene rings is 1. The molecule has 0 atom stereocenters. The van der Waals surface area contributed by atoms with Crippen LogP contribution in [0.25, 0.3) is 0 Å². The van der Waals surface area contributed by atoms with E-state index in [0.717, 1.165) is 0 Å². The SMILES string of the molecule is COCCS(=O)(=O)Cc1c(N)cccc1Cl. The average molecular weight is 264 g/mol. The van der Waals surface area contributed by atoms with Gasteiger partial charge in [0.1, 0.15) is 0 Å². The second-order valence-corrected chi connectivity index (χ2v) is 5.98. The molecule has 1 rings (SSSR count). The molecule has 0 saturated heterocycles. The maximum atomic E-state index is 11.7. The molecule has 16 heavy (non-hydrogen) atoms.